The maximum Gasteiger partial charge on any atom is 0.193 e. The minimum absolute atomic E-state index is 0.396. The average molecular weight is 319 g/mol. The third-order valence-electron chi connectivity index (χ3n) is 3.58. The largest absolute Gasteiger partial charge is 0.370 e. The van der Waals surface area contributed by atoms with Gasteiger partial charge in [-0.25, -0.2) is 9.67 Å². The Morgan fingerprint density at radius 1 is 1.12 bits per heavy atom. The highest BCUT2D eigenvalue weighted by Gasteiger charge is 2.01. The standard InChI is InChI=1S/C19H21N5/c1-14-8-15(2)10-17(9-14)23-19(20)21-11-16-12-22-24(13-16)18-6-4-3-5-7-18/h3-10,12-13H,11H2,1-2H3,(H3,20,21,23). The first-order chi connectivity index (χ1) is 11.6. The highest BCUT2D eigenvalue weighted by Crippen LogP contribution is 2.13. The van der Waals surface area contributed by atoms with E-state index in [1.807, 2.05) is 53.3 Å². The van der Waals surface area contributed by atoms with E-state index in [4.69, 9.17) is 5.73 Å². The Bertz CT molecular complexity index is 829. The van der Waals surface area contributed by atoms with Crippen molar-refractivity contribution in [3.8, 4) is 5.69 Å². The van der Waals surface area contributed by atoms with E-state index >= 15 is 0 Å². The monoisotopic (exact) mass is 319 g/mol. The number of nitrogens with two attached hydrogens (primary N) is 1. The van der Waals surface area contributed by atoms with Gasteiger partial charge in [-0.2, -0.15) is 5.10 Å². The minimum Gasteiger partial charge on any atom is -0.370 e. The molecule has 0 bridgehead atoms. The van der Waals surface area contributed by atoms with E-state index in [9.17, 15) is 0 Å². The number of aryl methyl sites for hydroxylation is 2. The number of guanidine groups is 1. The number of anilines is 1. The number of aromatic nitrogens is 2. The lowest BCUT2D eigenvalue weighted by Gasteiger charge is -2.07. The first kappa shape index (κ1) is 15.8. The number of hydrogen-bond donors (Lipinski definition) is 2. The van der Waals surface area contributed by atoms with E-state index in [1.165, 1.54) is 11.1 Å². The predicted octanol–water partition coefficient (Wildman–Crippen LogP) is 3.42. The number of aliphatic imine (C=N–C) groups is 1. The lowest BCUT2D eigenvalue weighted by Crippen LogP contribution is -2.22. The summed E-state index contributed by atoms with van der Waals surface area (Å²) >= 11 is 0. The van der Waals surface area contributed by atoms with Gasteiger partial charge < -0.3 is 11.1 Å². The molecule has 0 aliphatic rings. The molecule has 0 unspecified atom stereocenters. The topological polar surface area (TPSA) is 68.2 Å². The quantitative estimate of drug-likeness (QED) is 0.572. The van der Waals surface area contributed by atoms with Crippen LogP contribution >= 0.6 is 0 Å². The Labute approximate surface area is 141 Å². The van der Waals surface area contributed by atoms with Crippen LogP contribution < -0.4 is 11.1 Å². The van der Waals surface area contributed by atoms with Gasteiger partial charge in [-0.05, 0) is 49.2 Å². The van der Waals surface area contributed by atoms with Gasteiger partial charge in [-0.3, -0.25) is 0 Å². The van der Waals surface area contributed by atoms with E-state index in [0.29, 0.717) is 12.5 Å². The summed E-state index contributed by atoms with van der Waals surface area (Å²) in [5.74, 6) is 0.396. The van der Waals surface area contributed by atoms with Crippen molar-refractivity contribution in [1.29, 1.82) is 0 Å². The summed E-state index contributed by atoms with van der Waals surface area (Å²) in [5, 5.41) is 7.49. The van der Waals surface area contributed by atoms with E-state index in [2.05, 4.69) is 35.3 Å². The number of para-hydroxylation sites is 1. The highest BCUT2D eigenvalue weighted by molar-refractivity contribution is 5.92. The average Bonchev–Trinajstić information content (AvgIpc) is 3.02. The second kappa shape index (κ2) is 7.00. The molecule has 0 amide bonds. The third kappa shape index (κ3) is 4.01. The fourth-order valence-electron chi connectivity index (χ4n) is 2.57. The fourth-order valence-corrected chi connectivity index (χ4v) is 2.57. The summed E-state index contributed by atoms with van der Waals surface area (Å²) in [6, 6.07) is 16.2. The Hall–Kier alpha value is -3.08. The molecule has 0 radical (unpaired) electrons. The molecule has 0 atom stereocenters. The number of benzene rings is 2. The summed E-state index contributed by atoms with van der Waals surface area (Å²) in [6.07, 6.45) is 3.77. The molecule has 3 rings (SSSR count). The fraction of sp³-hybridized carbons (Fsp3) is 0.158. The Morgan fingerprint density at radius 3 is 2.54 bits per heavy atom. The van der Waals surface area contributed by atoms with Crippen molar-refractivity contribution >= 4 is 11.6 Å². The van der Waals surface area contributed by atoms with Gasteiger partial charge in [0.1, 0.15) is 0 Å². The molecule has 24 heavy (non-hydrogen) atoms. The Morgan fingerprint density at radius 2 is 1.83 bits per heavy atom. The van der Waals surface area contributed by atoms with Crippen LogP contribution in [0.4, 0.5) is 5.69 Å². The molecule has 0 saturated heterocycles. The molecule has 122 valence electrons. The summed E-state index contributed by atoms with van der Waals surface area (Å²) < 4.78 is 1.83. The molecule has 5 nitrogen and oxygen atoms in total. The van der Waals surface area contributed by atoms with Crippen LogP contribution in [-0.4, -0.2) is 15.7 Å². The van der Waals surface area contributed by atoms with Crippen LogP contribution in [-0.2, 0) is 6.54 Å². The summed E-state index contributed by atoms with van der Waals surface area (Å²) in [6.45, 7) is 4.60. The van der Waals surface area contributed by atoms with Gasteiger partial charge in [0.25, 0.3) is 0 Å². The molecule has 0 aliphatic carbocycles. The van der Waals surface area contributed by atoms with Gasteiger partial charge in [0.2, 0.25) is 0 Å². The van der Waals surface area contributed by atoms with E-state index < -0.39 is 0 Å². The summed E-state index contributed by atoms with van der Waals surface area (Å²) in [4.78, 5) is 4.39. The first-order valence-electron chi connectivity index (χ1n) is 7.84. The molecule has 5 heteroatoms. The van der Waals surface area contributed by atoms with E-state index in [-0.39, 0.29) is 0 Å². The van der Waals surface area contributed by atoms with Crippen molar-refractivity contribution in [2.75, 3.05) is 5.32 Å². The predicted molar refractivity (Wildman–Crippen MR) is 98.4 cm³/mol. The van der Waals surface area contributed by atoms with E-state index in [1.54, 1.807) is 6.20 Å². The molecule has 1 heterocycles. The zero-order valence-electron chi connectivity index (χ0n) is 13.9. The number of hydrogen-bond acceptors (Lipinski definition) is 2. The highest BCUT2D eigenvalue weighted by atomic mass is 15.3. The third-order valence-corrected chi connectivity index (χ3v) is 3.58. The molecule has 3 aromatic rings. The smallest absolute Gasteiger partial charge is 0.193 e. The molecular formula is C19H21N5. The first-order valence-corrected chi connectivity index (χ1v) is 7.84. The molecule has 2 aromatic carbocycles. The van der Waals surface area contributed by atoms with Gasteiger partial charge in [0.15, 0.2) is 5.96 Å². The van der Waals surface area contributed by atoms with Crippen LogP contribution in [0.1, 0.15) is 16.7 Å². The van der Waals surface area contributed by atoms with Gasteiger partial charge in [-0.15, -0.1) is 0 Å². The number of nitrogens with zero attached hydrogens (tertiary/aromatic N) is 3. The van der Waals surface area contributed by atoms with Crippen molar-refractivity contribution in [3.63, 3.8) is 0 Å². The van der Waals surface area contributed by atoms with Crippen LogP contribution in [0.5, 0.6) is 0 Å². The van der Waals surface area contributed by atoms with Crippen LogP contribution in [0.3, 0.4) is 0 Å². The van der Waals surface area contributed by atoms with Crippen molar-refractivity contribution in [1.82, 2.24) is 9.78 Å². The Balaban J connectivity index is 1.66. The van der Waals surface area contributed by atoms with Gasteiger partial charge in [0, 0.05) is 17.4 Å². The van der Waals surface area contributed by atoms with Crippen LogP contribution in [0.25, 0.3) is 5.69 Å². The van der Waals surface area contributed by atoms with Crippen molar-refractivity contribution < 1.29 is 0 Å². The second-order valence-electron chi connectivity index (χ2n) is 5.83. The van der Waals surface area contributed by atoms with Crippen molar-refractivity contribution in [2.45, 2.75) is 20.4 Å². The Kier molecular flexibility index (Phi) is 4.61. The molecule has 0 spiro atoms. The normalized spacial score (nSPS) is 11.5. The number of nitrogens with one attached hydrogen (secondary N) is 1. The molecule has 1 aromatic heterocycles. The van der Waals surface area contributed by atoms with Crippen LogP contribution in [0.15, 0.2) is 65.9 Å². The summed E-state index contributed by atoms with van der Waals surface area (Å²) in [5.41, 5.74) is 11.3. The number of rotatable bonds is 4. The van der Waals surface area contributed by atoms with Crippen molar-refractivity contribution in [3.05, 3.63) is 77.6 Å². The lowest BCUT2D eigenvalue weighted by molar-refractivity contribution is 0.879. The minimum atomic E-state index is 0.396. The SMILES string of the molecule is Cc1cc(C)cc(NC(N)=NCc2cnn(-c3ccccc3)c2)c1. The zero-order chi connectivity index (χ0) is 16.9. The molecule has 3 N–H and O–H groups in total. The molecule has 0 saturated carbocycles. The van der Waals surface area contributed by atoms with Gasteiger partial charge in [-0.1, -0.05) is 24.3 Å². The lowest BCUT2D eigenvalue weighted by atomic mass is 10.1. The molecule has 0 fully saturated rings. The maximum absolute atomic E-state index is 5.98. The van der Waals surface area contributed by atoms with Gasteiger partial charge in [0.05, 0.1) is 18.4 Å². The van der Waals surface area contributed by atoms with Crippen LogP contribution in [0, 0.1) is 13.8 Å². The second-order valence-corrected chi connectivity index (χ2v) is 5.83. The van der Waals surface area contributed by atoms with Crippen LogP contribution in [0.2, 0.25) is 0 Å². The van der Waals surface area contributed by atoms with Gasteiger partial charge >= 0.3 is 0 Å². The molecule has 0 aliphatic heterocycles. The zero-order valence-corrected chi connectivity index (χ0v) is 13.9. The maximum atomic E-state index is 5.98. The van der Waals surface area contributed by atoms with E-state index in [0.717, 1.165) is 16.9 Å². The molecular weight excluding hydrogens is 298 g/mol. The summed E-state index contributed by atoms with van der Waals surface area (Å²) in [7, 11) is 0. The van der Waals surface area contributed by atoms with Crippen molar-refractivity contribution in [2.24, 2.45) is 10.7 Å².